The van der Waals surface area contributed by atoms with E-state index in [0.717, 1.165) is 42.8 Å². The van der Waals surface area contributed by atoms with E-state index in [0.29, 0.717) is 12.3 Å². The first-order valence-corrected chi connectivity index (χ1v) is 8.22. The van der Waals surface area contributed by atoms with Gasteiger partial charge in [-0.3, -0.25) is 9.89 Å². The number of H-pyrrole nitrogens is 1. The van der Waals surface area contributed by atoms with E-state index in [9.17, 15) is 4.79 Å². The molecule has 0 spiro atoms. The predicted molar refractivity (Wildman–Crippen MR) is 91.1 cm³/mol. The predicted octanol–water partition coefficient (Wildman–Crippen LogP) is 2.73. The van der Waals surface area contributed by atoms with Crippen LogP contribution >= 0.6 is 0 Å². The lowest BCUT2D eigenvalue weighted by molar-refractivity contribution is 0.0423. The summed E-state index contributed by atoms with van der Waals surface area (Å²) in [6, 6.07) is 9.57. The largest absolute Gasteiger partial charge is 0.497 e. The highest BCUT2D eigenvalue weighted by atomic mass is 16.5. The first kappa shape index (κ1) is 16.5. The Hall–Kier alpha value is -2.34. The van der Waals surface area contributed by atoms with Gasteiger partial charge in [0.25, 0.3) is 5.91 Å². The van der Waals surface area contributed by atoms with Crippen LogP contribution in [0.1, 0.15) is 29.8 Å². The van der Waals surface area contributed by atoms with Gasteiger partial charge in [0.2, 0.25) is 0 Å². The molecule has 2 aromatic rings. The monoisotopic (exact) mass is 329 g/mol. The van der Waals surface area contributed by atoms with Crippen molar-refractivity contribution in [2.45, 2.75) is 25.3 Å². The third-order valence-electron chi connectivity index (χ3n) is 4.42. The minimum Gasteiger partial charge on any atom is -0.497 e. The second-order valence-corrected chi connectivity index (χ2v) is 6.00. The molecule has 0 saturated carbocycles. The number of nitrogens with zero attached hydrogens (tertiary/aromatic N) is 2. The molecule has 6 nitrogen and oxygen atoms in total. The van der Waals surface area contributed by atoms with Gasteiger partial charge < -0.3 is 14.4 Å². The Morgan fingerprint density at radius 1 is 1.33 bits per heavy atom. The number of aromatic amines is 1. The zero-order valence-corrected chi connectivity index (χ0v) is 14.1. The summed E-state index contributed by atoms with van der Waals surface area (Å²) >= 11 is 0. The number of carbonyl (C=O) groups is 1. The van der Waals surface area contributed by atoms with Crippen LogP contribution in [0, 0.1) is 0 Å². The molecule has 1 aromatic heterocycles. The lowest BCUT2D eigenvalue weighted by atomic mass is 10.0. The molecule has 0 unspecified atom stereocenters. The van der Waals surface area contributed by atoms with Gasteiger partial charge in [-0.1, -0.05) is 12.1 Å². The Kier molecular flexibility index (Phi) is 5.15. The zero-order valence-electron chi connectivity index (χ0n) is 14.1. The third-order valence-corrected chi connectivity index (χ3v) is 4.42. The van der Waals surface area contributed by atoms with Crippen LogP contribution in [0.2, 0.25) is 0 Å². The first-order valence-electron chi connectivity index (χ1n) is 8.22. The number of amides is 1. The first-order chi connectivity index (χ1) is 11.7. The Balaban J connectivity index is 1.80. The summed E-state index contributed by atoms with van der Waals surface area (Å²) in [7, 11) is 3.30. The van der Waals surface area contributed by atoms with E-state index >= 15 is 0 Å². The molecule has 0 radical (unpaired) electrons. The Morgan fingerprint density at radius 3 is 3.00 bits per heavy atom. The van der Waals surface area contributed by atoms with Crippen molar-refractivity contribution in [1.82, 2.24) is 15.1 Å². The van der Waals surface area contributed by atoms with E-state index < -0.39 is 0 Å². The van der Waals surface area contributed by atoms with Gasteiger partial charge >= 0.3 is 0 Å². The minimum absolute atomic E-state index is 0.0154. The molecule has 1 saturated heterocycles. The Labute approximate surface area is 141 Å². The maximum absolute atomic E-state index is 12.8. The molecule has 1 aromatic carbocycles. The van der Waals surface area contributed by atoms with Gasteiger partial charge in [0, 0.05) is 19.2 Å². The lowest BCUT2D eigenvalue weighted by Gasteiger charge is -2.34. The number of ether oxygens (including phenoxy) is 2. The van der Waals surface area contributed by atoms with Crippen molar-refractivity contribution in [3.05, 3.63) is 36.0 Å². The minimum atomic E-state index is -0.0154. The molecule has 1 amide bonds. The normalized spacial score (nSPS) is 17.8. The number of hydrogen-bond donors (Lipinski definition) is 1. The summed E-state index contributed by atoms with van der Waals surface area (Å²) < 4.78 is 10.5. The second-order valence-electron chi connectivity index (χ2n) is 6.00. The summed E-state index contributed by atoms with van der Waals surface area (Å²) in [5.41, 5.74) is 2.16. The maximum atomic E-state index is 12.8. The van der Waals surface area contributed by atoms with Gasteiger partial charge in [-0.2, -0.15) is 5.10 Å². The molecule has 6 heteroatoms. The smallest absolute Gasteiger partial charge is 0.272 e. The summed E-state index contributed by atoms with van der Waals surface area (Å²) in [6.07, 6.45) is 3.15. The van der Waals surface area contributed by atoms with Crippen molar-refractivity contribution < 1.29 is 14.3 Å². The van der Waals surface area contributed by atoms with Crippen molar-refractivity contribution >= 4 is 5.91 Å². The van der Waals surface area contributed by atoms with E-state index in [1.165, 1.54) is 0 Å². The van der Waals surface area contributed by atoms with Gasteiger partial charge in [0.15, 0.2) is 0 Å². The Bertz CT molecular complexity index is 696. The topological polar surface area (TPSA) is 67.4 Å². The van der Waals surface area contributed by atoms with Crippen LogP contribution in [-0.4, -0.2) is 54.4 Å². The highest BCUT2D eigenvalue weighted by Crippen LogP contribution is 2.24. The number of hydrogen-bond acceptors (Lipinski definition) is 4. The molecule has 0 aliphatic carbocycles. The highest BCUT2D eigenvalue weighted by Gasteiger charge is 2.28. The van der Waals surface area contributed by atoms with E-state index in [4.69, 9.17) is 9.47 Å². The van der Waals surface area contributed by atoms with E-state index in [1.54, 1.807) is 20.3 Å². The number of carbonyl (C=O) groups excluding carboxylic acids is 1. The molecule has 2 heterocycles. The van der Waals surface area contributed by atoms with Crippen LogP contribution in [-0.2, 0) is 4.74 Å². The molecular formula is C18H23N3O3. The van der Waals surface area contributed by atoms with E-state index in [2.05, 4.69) is 10.2 Å². The van der Waals surface area contributed by atoms with Crippen molar-refractivity contribution in [3.8, 4) is 17.0 Å². The highest BCUT2D eigenvalue weighted by molar-refractivity contribution is 5.93. The fourth-order valence-electron chi connectivity index (χ4n) is 3.15. The molecule has 1 aliphatic heterocycles. The number of methoxy groups -OCH3 is 2. The van der Waals surface area contributed by atoms with Crippen LogP contribution in [0.4, 0.5) is 0 Å². The average Bonchev–Trinajstić information content (AvgIpc) is 3.12. The van der Waals surface area contributed by atoms with Gasteiger partial charge in [-0.05, 0) is 37.5 Å². The molecule has 1 N–H and O–H groups in total. The number of piperidine rings is 1. The summed E-state index contributed by atoms with van der Waals surface area (Å²) in [4.78, 5) is 14.7. The van der Waals surface area contributed by atoms with Gasteiger partial charge in [-0.15, -0.1) is 0 Å². The molecule has 128 valence electrons. The number of likely N-dealkylation sites (tertiary alicyclic amines) is 1. The zero-order chi connectivity index (χ0) is 16.9. The molecular weight excluding hydrogens is 306 g/mol. The van der Waals surface area contributed by atoms with Gasteiger partial charge in [-0.25, -0.2) is 0 Å². The van der Waals surface area contributed by atoms with Crippen molar-refractivity contribution in [2.24, 2.45) is 0 Å². The standard InChI is InChI=1S/C18H23N3O3/c1-23-12-14-7-3-4-9-21(14)18(22)17-11-16(19-20-17)13-6-5-8-15(10-13)24-2/h5-6,8,10-11,14H,3-4,7,9,12H2,1-2H3,(H,19,20)/t14-/m0/s1. The van der Waals surface area contributed by atoms with Crippen LogP contribution in [0.25, 0.3) is 11.3 Å². The van der Waals surface area contributed by atoms with Crippen LogP contribution in [0.3, 0.4) is 0 Å². The number of rotatable bonds is 5. The number of benzene rings is 1. The molecule has 0 bridgehead atoms. The molecule has 1 atom stereocenters. The van der Waals surface area contributed by atoms with Crippen molar-refractivity contribution in [2.75, 3.05) is 27.4 Å². The van der Waals surface area contributed by atoms with Gasteiger partial charge in [0.1, 0.15) is 11.4 Å². The lowest BCUT2D eigenvalue weighted by Crippen LogP contribution is -2.46. The van der Waals surface area contributed by atoms with E-state index in [-0.39, 0.29) is 11.9 Å². The fraction of sp³-hybridized carbons (Fsp3) is 0.444. The SMILES string of the molecule is COC[C@@H]1CCCCN1C(=O)c1cc(-c2cccc(OC)c2)n[nH]1. The maximum Gasteiger partial charge on any atom is 0.272 e. The third kappa shape index (κ3) is 3.43. The summed E-state index contributed by atoms with van der Waals surface area (Å²) in [5, 5.41) is 7.17. The van der Waals surface area contributed by atoms with Crippen molar-refractivity contribution in [1.29, 1.82) is 0 Å². The van der Waals surface area contributed by atoms with Crippen LogP contribution in [0.15, 0.2) is 30.3 Å². The average molecular weight is 329 g/mol. The quantitative estimate of drug-likeness (QED) is 0.916. The Morgan fingerprint density at radius 2 is 2.21 bits per heavy atom. The van der Waals surface area contributed by atoms with Crippen molar-refractivity contribution in [3.63, 3.8) is 0 Å². The molecule has 1 aliphatic rings. The number of aromatic nitrogens is 2. The van der Waals surface area contributed by atoms with Crippen LogP contribution < -0.4 is 4.74 Å². The summed E-state index contributed by atoms with van der Waals surface area (Å²) in [6.45, 7) is 1.34. The van der Waals surface area contributed by atoms with E-state index in [1.807, 2.05) is 29.2 Å². The molecule has 1 fully saturated rings. The van der Waals surface area contributed by atoms with Gasteiger partial charge in [0.05, 0.1) is 25.5 Å². The molecule has 3 rings (SSSR count). The fourth-order valence-corrected chi connectivity index (χ4v) is 3.15. The number of nitrogens with one attached hydrogen (secondary N) is 1. The summed E-state index contributed by atoms with van der Waals surface area (Å²) in [5.74, 6) is 0.748. The molecule has 24 heavy (non-hydrogen) atoms. The van der Waals surface area contributed by atoms with Crippen LogP contribution in [0.5, 0.6) is 5.75 Å². The second kappa shape index (κ2) is 7.49.